The maximum absolute atomic E-state index is 14.5. The first-order chi connectivity index (χ1) is 25.8. The Morgan fingerprint density at radius 3 is 2.58 bits per heavy atom. The second-order valence-electron chi connectivity index (χ2n) is 20.7. The Bertz CT molecular complexity index is 1840. The Morgan fingerprint density at radius 1 is 1.02 bits per heavy atom. The number of cyclic esters (lactones) is 1. The van der Waals surface area contributed by atoms with Gasteiger partial charge in [-0.05, 0) is 116 Å². The maximum atomic E-state index is 14.5. The first-order valence-electron chi connectivity index (χ1n) is 21.7. The molecule has 0 radical (unpaired) electrons. The minimum absolute atomic E-state index is 0. The highest BCUT2D eigenvalue weighted by atomic mass is 79.9. The average Bonchev–Trinajstić information content (AvgIpc) is 3.83. The van der Waals surface area contributed by atoms with E-state index in [1.165, 1.54) is 11.3 Å². The van der Waals surface area contributed by atoms with Gasteiger partial charge in [-0.15, -0.1) is 0 Å². The molecule has 9 fully saturated rings. The molecule has 1 aromatic carbocycles. The Balaban J connectivity index is 0.00000372. The third-order valence-electron chi connectivity index (χ3n) is 19.8. The largest absolute Gasteiger partial charge is 1.00 e. The Labute approximate surface area is 336 Å². The van der Waals surface area contributed by atoms with Gasteiger partial charge in [-0.25, -0.2) is 9.59 Å². The Hall–Kier alpha value is -1.98. The SMILES string of the molecule is CC[C@H]1C2CC3[C@@H]4N(C)c5ccccc5[C@]45CC(C2C5O)[N+]3(CC(=O)O[C@H]2CC[C@]3(C)C4CC[C@]5(C)[C@@H](C6=CC(=O)OC6)CC[C@]5(O)[C@@H]4CC[C@@H]3C2)[C@@H]1O.[Br-]. The van der Waals surface area contributed by atoms with Crippen LogP contribution in [0.5, 0.6) is 0 Å². The lowest BCUT2D eigenvalue weighted by Crippen LogP contribution is -3.00. The van der Waals surface area contributed by atoms with Crippen LogP contribution in [0.25, 0.3) is 0 Å². The number of aliphatic hydroxyl groups is 3. The van der Waals surface area contributed by atoms with Crippen LogP contribution < -0.4 is 21.9 Å². The normalized spacial score (nSPS) is 53.4. The van der Waals surface area contributed by atoms with Crippen LogP contribution in [0.4, 0.5) is 5.69 Å². The van der Waals surface area contributed by atoms with Gasteiger partial charge in [0, 0.05) is 48.9 Å². The number of hydrogen-bond donors (Lipinski definition) is 3. The molecule has 1 spiro atoms. The number of esters is 2. The minimum atomic E-state index is -0.739. The number of quaternary nitrogens is 1. The summed E-state index contributed by atoms with van der Waals surface area (Å²) >= 11 is 0. The van der Waals surface area contributed by atoms with E-state index < -0.39 is 17.9 Å². The van der Waals surface area contributed by atoms with E-state index in [2.05, 4.69) is 57.0 Å². The third kappa shape index (κ3) is 4.30. The fourth-order valence-corrected chi connectivity index (χ4v) is 17.6. The van der Waals surface area contributed by atoms with Gasteiger partial charge in [-0.2, -0.15) is 0 Å². The summed E-state index contributed by atoms with van der Waals surface area (Å²) in [4.78, 5) is 28.8. The molecule has 5 bridgehead atoms. The minimum Gasteiger partial charge on any atom is -1.00 e. The highest BCUT2D eigenvalue weighted by Crippen LogP contribution is 2.73. The molecular formula is C45H61BrN2O7. The van der Waals surface area contributed by atoms with E-state index in [0.29, 0.717) is 22.9 Å². The summed E-state index contributed by atoms with van der Waals surface area (Å²) in [7, 11) is 2.17. The topological polar surface area (TPSA) is 117 Å². The summed E-state index contributed by atoms with van der Waals surface area (Å²) in [6, 6.07) is 8.74. The first kappa shape index (κ1) is 37.3. The van der Waals surface area contributed by atoms with Crippen molar-refractivity contribution in [2.24, 2.45) is 52.3 Å². The van der Waals surface area contributed by atoms with Gasteiger partial charge < -0.3 is 46.7 Å². The van der Waals surface area contributed by atoms with Crippen molar-refractivity contribution in [2.45, 2.75) is 145 Å². The van der Waals surface area contributed by atoms with Crippen LogP contribution in [0.15, 0.2) is 35.9 Å². The second kappa shape index (κ2) is 12.0. The number of ether oxygens (including phenoxy) is 2. The van der Waals surface area contributed by atoms with Gasteiger partial charge in [-0.3, -0.25) is 4.48 Å². The number of halogens is 1. The van der Waals surface area contributed by atoms with Gasteiger partial charge in [-0.1, -0.05) is 39.0 Å². The van der Waals surface area contributed by atoms with Crippen molar-refractivity contribution in [3.8, 4) is 0 Å². The number of rotatable bonds is 5. The van der Waals surface area contributed by atoms with Crippen molar-refractivity contribution in [3.05, 3.63) is 41.5 Å². The molecule has 1 aromatic rings. The number of piperidine rings is 4. The van der Waals surface area contributed by atoms with Crippen molar-refractivity contribution in [3.63, 3.8) is 0 Å². The lowest BCUT2D eigenvalue weighted by atomic mass is 9.43. The zero-order chi connectivity index (χ0) is 37.3. The molecule has 11 aliphatic rings. The second-order valence-corrected chi connectivity index (χ2v) is 20.7. The highest BCUT2D eigenvalue weighted by molar-refractivity contribution is 5.85. The Kier molecular flexibility index (Phi) is 8.17. The van der Waals surface area contributed by atoms with E-state index in [1.54, 1.807) is 6.08 Å². The molecule has 10 heteroatoms. The molecule has 0 aromatic heterocycles. The number of hydrogen-bond acceptors (Lipinski definition) is 8. The number of nitrogens with zero attached hydrogens (tertiary/aromatic N) is 2. The third-order valence-corrected chi connectivity index (χ3v) is 19.8. The van der Waals surface area contributed by atoms with Gasteiger partial charge in [0.15, 0.2) is 12.8 Å². The summed E-state index contributed by atoms with van der Waals surface area (Å²) in [6.45, 7) is 7.48. The van der Waals surface area contributed by atoms with E-state index >= 15 is 0 Å². The number of anilines is 1. The first-order valence-corrected chi connectivity index (χ1v) is 21.7. The summed E-state index contributed by atoms with van der Waals surface area (Å²) in [5, 5.41) is 37.5. The predicted molar refractivity (Wildman–Crippen MR) is 201 cm³/mol. The van der Waals surface area contributed by atoms with Crippen LogP contribution in [0, 0.1) is 52.3 Å². The number of likely N-dealkylation sites (N-methyl/N-ethyl adjacent to an activating group) is 1. The van der Waals surface area contributed by atoms with Crippen molar-refractivity contribution in [2.75, 3.05) is 25.1 Å². The van der Waals surface area contributed by atoms with E-state index in [1.807, 2.05) is 0 Å². The molecule has 6 heterocycles. The van der Waals surface area contributed by atoms with E-state index in [9.17, 15) is 24.9 Å². The van der Waals surface area contributed by atoms with Crippen LogP contribution in [0.3, 0.4) is 0 Å². The molecule has 55 heavy (non-hydrogen) atoms. The summed E-state index contributed by atoms with van der Waals surface area (Å²) in [5.74, 6) is 1.32. The number of para-hydroxylation sites is 1. The summed E-state index contributed by atoms with van der Waals surface area (Å²) in [6.07, 6.45) is 11.5. The molecule has 5 aliphatic carbocycles. The van der Waals surface area contributed by atoms with Crippen molar-refractivity contribution in [1.82, 2.24) is 0 Å². The zero-order valence-electron chi connectivity index (χ0n) is 33.0. The number of fused-ring (bicyclic) bond motifs is 7. The van der Waals surface area contributed by atoms with Crippen molar-refractivity contribution >= 4 is 17.6 Å². The van der Waals surface area contributed by atoms with E-state index in [0.717, 1.165) is 82.6 Å². The highest BCUT2D eigenvalue weighted by Gasteiger charge is 2.83. The van der Waals surface area contributed by atoms with Crippen LogP contribution in [0.1, 0.15) is 103 Å². The van der Waals surface area contributed by atoms with E-state index in [-0.39, 0.29) is 106 Å². The van der Waals surface area contributed by atoms with Gasteiger partial charge in [0.05, 0.1) is 29.2 Å². The standard InChI is InChI=1S/C45H61N2O7.BrH/c1-5-27-28-20-34-39-44(32-8-6-7-9-33(32)46(39)4)21-35(38(28)40(44)50)47(34,41(27)51)22-37(49)54-26-12-15-42(2)25(19-26)10-11-31-30(42)13-16-43(3)29(14-17-45(31,43)52)24-18-36(48)53-23-24;/h6-9,18,25-31,34-35,38-41,50-52H,5,10-17,19-23H2,1-4H3;1H/q+1;/p-1/t25-,26+,27+,28?,29-,30?,31-,34?,35?,38?,39+,40?,41-,42+,43-,44-,45+,47?;/m1./s1. The van der Waals surface area contributed by atoms with Gasteiger partial charge >= 0.3 is 11.9 Å². The van der Waals surface area contributed by atoms with E-state index in [4.69, 9.17) is 9.47 Å². The summed E-state index contributed by atoms with van der Waals surface area (Å²) in [5.41, 5.74) is 2.28. The lowest BCUT2D eigenvalue weighted by molar-refractivity contribution is -1.03. The quantitative estimate of drug-likeness (QED) is 0.307. The summed E-state index contributed by atoms with van der Waals surface area (Å²) < 4.78 is 12.3. The smallest absolute Gasteiger partial charge is 0.362 e. The number of aliphatic hydroxyl groups excluding tert-OH is 2. The fourth-order valence-electron chi connectivity index (χ4n) is 17.6. The Morgan fingerprint density at radius 2 is 1.82 bits per heavy atom. The molecule has 5 saturated carbocycles. The number of carbonyl (C=O) groups excluding carboxylic acids is 2. The molecule has 7 unspecified atom stereocenters. The van der Waals surface area contributed by atoms with Crippen LogP contribution in [-0.2, 0) is 24.5 Å². The molecule has 0 amide bonds. The monoisotopic (exact) mass is 820 g/mol. The van der Waals surface area contributed by atoms with Gasteiger partial charge in [0.2, 0.25) is 0 Å². The van der Waals surface area contributed by atoms with Gasteiger partial charge in [0.25, 0.3) is 0 Å². The molecule has 9 nitrogen and oxygen atoms in total. The number of benzene rings is 1. The molecule has 3 N–H and O–H groups in total. The van der Waals surface area contributed by atoms with Gasteiger partial charge in [0.1, 0.15) is 18.8 Å². The maximum Gasteiger partial charge on any atom is 0.362 e. The fraction of sp³-hybridized carbons (Fsp3) is 0.778. The van der Waals surface area contributed by atoms with Crippen LogP contribution >= 0.6 is 0 Å². The molecule has 4 saturated heterocycles. The van der Waals surface area contributed by atoms with Crippen molar-refractivity contribution in [1.29, 1.82) is 0 Å². The lowest BCUT2D eigenvalue weighted by Gasteiger charge is -2.67. The molecule has 18 atom stereocenters. The molecular weight excluding hydrogens is 760 g/mol. The zero-order valence-corrected chi connectivity index (χ0v) is 34.6. The average molecular weight is 822 g/mol. The molecule has 12 rings (SSSR count). The van der Waals surface area contributed by atoms with Crippen LogP contribution in [0.2, 0.25) is 0 Å². The number of carbonyl (C=O) groups is 2. The van der Waals surface area contributed by atoms with Crippen molar-refractivity contribution < 1.29 is 55.8 Å². The predicted octanol–water partition coefficient (Wildman–Crippen LogP) is 2.24. The van der Waals surface area contributed by atoms with Crippen LogP contribution in [-0.4, -0.2) is 94.1 Å². The molecule has 6 aliphatic heterocycles. The molecule has 300 valence electrons.